The summed E-state index contributed by atoms with van der Waals surface area (Å²) in [6.45, 7) is 0.426. The fourth-order valence-electron chi connectivity index (χ4n) is 1.83. The first kappa shape index (κ1) is 12.9. The molecule has 94 valence electrons. The second kappa shape index (κ2) is 7.04. The van der Waals surface area contributed by atoms with Gasteiger partial charge in [-0.25, -0.2) is 0 Å². The number of hydrogen-bond acceptors (Lipinski definition) is 2. The van der Waals surface area contributed by atoms with Gasteiger partial charge in [-0.2, -0.15) is 0 Å². The highest BCUT2D eigenvalue weighted by molar-refractivity contribution is 6.17. The Kier molecular flexibility index (Phi) is 5.06. The van der Waals surface area contributed by atoms with Crippen LogP contribution in [0.15, 0.2) is 54.6 Å². The molecule has 2 nitrogen and oxygen atoms in total. The molecule has 0 radical (unpaired) electrons. The maximum atomic E-state index is 5.48. The van der Waals surface area contributed by atoms with E-state index in [1.54, 1.807) is 0 Å². The molecule has 2 aromatic rings. The predicted molar refractivity (Wildman–Crippen MR) is 76.0 cm³/mol. The van der Waals surface area contributed by atoms with Gasteiger partial charge >= 0.3 is 0 Å². The average Bonchev–Trinajstić information content (AvgIpc) is 2.42. The highest BCUT2D eigenvalue weighted by Gasteiger charge is 2.02. The molecule has 0 aliphatic carbocycles. The van der Waals surface area contributed by atoms with Crippen LogP contribution >= 0.6 is 11.6 Å². The predicted octanol–water partition coefficient (Wildman–Crippen LogP) is 3.86. The van der Waals surface area contributed by atoms with Gasteiger partial charge in [-0.3, -0.25) is 0 Å². The molecule has 0 saturated heterocycles. The first-order valence-electron chi connectivity index (χ1n) is 5.89. The van der Waals surface area contributed by atoms with Crippen LogP contribution in [0.4, 0.5) is 5.69 Å². The van der Waals surface area contributed by atoms with E-state index in [-0.39, 0.29) is 6.07 Å². The van der Waals surface area contributed by atoms with E-state index >= 15 is 0 Å². The van der Waals surface area contributed by atoms with Crippen molar-refractivity contribution in [3.63, 3.8) is 0 Å². The number of rotatable bonds is 6. The molecule has 0 aromatic heterocycles. The lowest BCUT2D eigenvalue weighted by Crippen LogP contribution is -2.07. The maximum absolute atomic E-state index is 5.48. The normalized spacial score (nSPS) is 10.3. The molecule has 0 aliphatic heterocycles. The molecule has 1 N–H and O–H groups in total. The molecule has 18 heavy (non-hydrogen) atoms. The highest BCUT2D eigenvalue weighted by atomic mass is 35.5. The second-order valence-corrected chi connectivity index (χ2v) is 4.17. The van der Waals surface area contributed by atoms with Crippen LogP contribution in [0.5, 0.6) is 0 Å². The van der Waals surface area contributed by atoms with Crippen LogP contribution in [-0.2, 0) is 11.2 Å². The van der Waals surface area contributed by atoms with Crippen molar-refractivity contribution >= 4 is 17.3 Å². The number of ether oxygens (including phenoxy) is 1. The summed E-state index contributed by atoms with van der Waals surface area (Å²) in [5.74, 6) is 0. The number of para-hydroxylation sites is 1. The SMILES string of the molecule is ClCOCNc1ccccc1Cc1ccccc1. The molecule has 0 bridgehead atoms. The summed E-state index contributed by atoms with van der Waals surface area (Å²) in [5.41, 5.74) is 3.64. The van der Waals surface area contributed by atoms with Crippen molar-refractivity contribution in [1.29, 1.82) is 0 Å². The zero-order valence-electron chi connectivity index (χ0n) is 10.1. The van der Waals surface area contributed by atoms with Gasteiger partial charge in [0, 0.05) is 5.69 Å². The topological polar surface area (TPSA) is 21.3 Å². The molecule has 0 atom stereocenters. The van der Waals surface area contributed by atoms with E-state index < -0.39 is 0 Å². The molecular formula is C15H16ClNO. The summed E-state index contributed by atoms with van der Waals surface area (Å²) in [4.78, 5) is 0. The molecule has 0 heterocycles. The Hall–Kier alpha value is -1.51. The molecule has 0 aliphatic rings. The lowest BCUT2D eigenvalue weighted by Gasteiger charge is -2.11. The van der Waals surface area contributed by atoms with Gasteiger partial charge in [0.15, 0.2) is 0 Å². The van der Waals surface area contributed by atoms with Gasteiger partial charge in [-0.15, -0.1) is 0 Å². The minimum atomic E-state index is 0.202. The summed E-state index contributed by atoms with van der Waals surface area (Å²) >= 11 is 5.48. The molecule has 2 rings (SSSR count). The number of hydrogen-bond donors (Lipinski definition) is 1. The summed E-state index contributed by atoms with van der Waals surface area (Å²) in [6, 6.07) is 18.8. The highest BCUT2D eigenvalue weighted by Crippen LogP contribution is 2.18. The minimum absolute atomic E-state index is 0.202. The third-order valence-electron chi connectivity index (χ3n) is 2.70. The first-order chi connectivity index (χ1) is 8.90. The Morgan fingerprint density at radius 2 is 1.67 bits per heavy atom. The van der Waals surface area contributed by atoms with Crippen LogP contribution in [-0.4, -0.2) is 12.8 Å². The maximum Gasteiger partial charge on any atom is 0.123 e. The van der Waals surface area contributed by atoms with Crippen LogP contribution in [0.2, 0.25) is 0 Å². The summed E-state index contributed by atoms with van der Waals surface area (Å²) < 4.78 is 5.10. The molecule has 0 unspecified atom stereocenters. The second-order valence-electron chi connectivity index (χ2n) is 3.95. The fraction of sp³-hybridized carbons (Fsp3) is 0.200. The van der Waals surface area contributed by atoms with Crippen molar-refractivity contribution in [2.45, 2.75) is 6.42 Å². The van der Waals surface area contributed by atoms with Crippen molar-refractivity contribution in [1.82, 2.24) is 0 Å². The third-order valence-corrected chi connectivity index (χ3v) is 2.85. The molecule has 2 aromatic carbocycles. The van der Waals surface area contributed by atoms with E-state index in [2.05, 4.69) is 41.7 Å². The molecule has 0 spiro atoms. The van der Waals surface area contributed by atoms with Crippen molar-refractivity contribution in [3.05, 3.63) is 65.7 Å². The number of benzene rings is 2. The largest absolute Gasteiger partial charge is 0.362 e. The Morgan fingerprint density at radius 3 is 2.44 bits per heavy atom. The van der Waals surface area contributed by atoms with Crippen molar-refractivity contribution in [3.8, 4) is 0 Å². The monoisotopic (exact) mass is 261 g/mol. The molecule has 0 saturated carbocycles. The number of halogens is 1. The first-order valence-corrected chi connectivity index (χ1v) is 6.43. The van der Waals surface area contributed by atoms with Crippen LogP contribution in [0, 0.1) is 0 Å². The smallest absolute Gasteiger partial charge is 0.123 e. The molecule has 3 heteroatoms. The van der Waals surface area contributed by atoms with E-state index in [1.165, 1.54) is 11.1 Å². The van der Waals surface area contributed by atoms with Gasteiger partial charge in [0.05, 0.1) is 0 Å². The fourth-order valence-corrected chi connectivity index (χ4v) is 1.91. The third kappa shape index (κ3) is 3.76. The number of anilines is 1. The van der Waals surface area contributed by atoms with Gasteiger partial charge in [0.25, 0.3) is 0 Å². The van der Waals surface area contributed by atoms with Crippen LogP contribution in [0.25, 0.3) is 0 Å². The van der Waals surface area contributed by atoms with E-state index in [0.29, 0.717) is 6.73 Å². The molecule has 0 fully saturated rings. The Morgan fingerprint density at radius 1 is 0.944 bits per heavy atom. The van der Waals surface area contributed by atoms with E-state index in [1.807, 2.05) is 18.2 Å². The summed E-state index contributed by atoms with van der Waals surface area (Å²) in [7, 11) is 0. The zero-order valence-corrected chi connectivity index (χ0v) is 10.9. The Labute approximate surface area is 113 Å². The van der Waals surface area contributed by atoms with Crippen LogP contribution in [0.1, 0.15) is 11.1 Å². The lowest BCUT2D eigenvalue weighted by atomic mass is 10.0. The van der Waals surface area contributed by atoms with E-state index in [4.69, 9.17) is 16.3 Å². The van der Waals surface area contributed by atoms with E-state index in [0.717, 1.165) is 12.1 Å². The van der Waals surface area contributed by atoms with Gasteiger partial charge < -0.3 is 10.1 Å². The zero-order chi connectivity index (χ0) is 12.6. The van der Waals surface area contributed by atoms with Crippen molar-refractivity contribution in [2.24, 2.45) is 0 Å². The Bertz CT molecular complexity index is 473. The number of alkyl halides is 1. The van der Waals surface area contributed by atoms with E-state index in [9.17, 15) is 0 Å². The summed E-state index contributed by atoms with van der Waals surface area (Å²) in [6.07, 6.45) is 0.908. The van der Waals surface area contributed by atoms with Gasteiger partial charge in [0.1, 0.15) is 12.8 Å². The van der Waals surface area contributed by atoms with Gasteiger partial charge in [-0.1, -0.05) is 60.1 Å². The van der Waals surface area contributed by atoms with Crippen molar-refractivity contribution < 1.29 is 4.74 Å². The van der Waals surface area contributed by atoms with Crippen LogP contribution in [0.3, 0.4) is 0 Å². The van der Waals surface area contributed by atoms with Gasteiger partial charge in [0.2, 0.25) is 0 Å². The quantitative estimate of drug-likeness (QED) is 0.484. The number of nitrogens with one attached hydrogen (secondary N) is 1. The average molecular weight is 262 g/mol. The van der Waals surface area contributed by atoms with Gasteiger partial charge in [-0.05, 0) is 23.6 Å². The summed E-state index contributed by atoms with van der Waals surface area (Å²) in [5, 5.41) is 3.23. The Balaban J connectivity index is 2.07. The minimum Gasteiger partial charge on any atom is -0.362 e. The lowest BCUT2D eigenvalue weighted by molar-refractivity contribution is 0.200. The van der Waals surface area contributed by atoms with Crippen molar-refractivity contribution in [2.75, 3.05) is 18.1 Å². The standard InChI is InChI=1S/C15H16ClNO/c16-11-18-12-17-15-9-5-4-8-14(15)10-13-6-2-1-3-7-13/h1-9,17H,10-12H2. The molecular weight excluding hydrogens is 246 g/mol. The van der Waals surface area contributed by atoms with Crippen LogP contribution < -0.4 is 5.32 Å². The molecule has 0 amide bonds.